The van der Waals surface area contributed by atoms with E-state index in [0.717, 1.165) is 48.3 Å². The van der Waals surface area contributed by atoms with Crippen molar-refractivity contribution in [2.75, 3.05) is 0 Å². The lowest BCUT2D eigenvalue weighted by molar-refractivity contribution is 0.0672. The molecule has 148 valence electrons. The smallest absolute Gasteiger partial charge is 0.0162 e. The van der Waals surface area contributed by atoms with Crippen LogP contribution < -0.4 is 0 Å². The highest BCUT2D eigenvalue weighted by molar-refractivity contribution is 5.26. The van der Waals surface area contributed by atoms with E-state index < -0.39 is 0 Å². The largest absolute Gasteiger partial charge is 0.103 e. The van der Waals surface area contributed by atoms with Gasteiger partial charge in [0.15, 0.2) is 0 Å². The molecule has 0 amide bonds. The summed E-state index contributed by atoms with van der Waals surface area (Å²) < 4.78 is 0. The minimum Gasteiger partial charge on any atom is -0.103 e. The summed E-state index contributed by atoms with van der Waals surface area (Å²) >= 11 is 0. The standard InChI is InChI=1S/C27H40/c1-3-4-5-21-7-10-22(11-8-21)23-12-14-24(15-13-23)26-17-16-25-18-20(2)6-9-27(25)19-26/h3,7-8,10-11,20,23-27H,1,4-6,9,12-19H2,2H3. The Morgan fingerprint density at radius 3 is 2.07 bits per heavy atom. The van der Waals surface area contributed by atoms with Crippen molar-refractivity contribution in [3.63, 3.8) is 0 Å². The van der Waals surface area contributed by atoms with Crippen LogP contribution in [0.1, 0.15) is 94.6 Å². The topological polar surface area (TPSA) is 0 Å². The lowest BCUT2D eigenvalue weighted by atomic mass is 9.61. The van der Waals surface area contributed by atoms with Crippen LogP contribution >= 0.6 is 0 Å². The predicted octanol–water partition coefficient (Wildman–Crippen LogP) is 7.93. The zero-order chi connectivity index (χ0) is 18.6. The predicted molar refractivity (Wildman–Crippen MR) is 117 cm³/mol. The summed E-state index contributed by atoms with van der Waals surface area (Å²) in [4.78, 5) is 0. The van der Waals surface area contributed by atoms with Crippen molar-refractivity contribution in [1.29, 1.82) is 0 Å². The number of allylic oxidation sites excluding steroid dienone is 1. The van der Waals surface area contributed by atoms with Gasteiger partial charge in [-0.05, 0) is 117 Å². The number of aryl methyl sites for hydroxylation is 1. The normalized spacial score (nSPS) is 36.8. The monoisotopic (exact) mass is 364 g/mol. The SMILES string of the molecule is C=CCCc1ccc(C2CCC(C3CCC4CC(C)CCC4C3)CC2)cc1. The fourth-order valence-corrected chi connectivity index (χ4v) is 6.74. The second kappa shape index (κ2) is 8.97. The third-order valence-corrected chi connectivity index (χ3v) is 8.44. The van der Waals surface area contributed by atoms with Crippen LogP contribution in [0.3, 0.4) is 0 Å². The zero-order valence-corrected chi connectivity index (χ0v) is 17.5. The van der Waals surface area contributed by atoms with Crippen molar-refractivity contribution in [3.05, 3.63) is 48.0 Å². The third-order valence-electron chi connectivity index (χ3n) is 8.44. The molecule has 3 saturated carbocycles. The Balaban J connectivity index is 1.27. The first-order chi connectivity index (χ1) is 13.2. The van der Waals surface area contributed by atoms with E-state index in [4.69, 9.17) is 0 Å². The van der Waals surface area contributed by atoms with Gasteiger partial charge in [0, 0.05) is 0 Å². The fraction of sp³-hybridized carbons (Fsp3) is 0.704. The van der Waals surface area contributed by atoms with Gasteiger partial charge in [0.05, 0.1) is 0 Å². The second-order valence-electron chi connectivity index (χ2n) is 10.2. The minimum atomic E-state index is 0.821. The summed E-state index contributed by atoms with van der Waals surface area (Å²) in [6.07, 6.45) is 19.3. The molecule has 1 aromatic carbocycles. The highest BCUT2D eigenvalue weighted by Gasteiger charge is 2.38. The number of benzene rings is 1. The maximum atomic E-state index is 3.84. The molecule has 0 aromatic heterocycles. The van der Waals surface area contributed by atoms with Crippen molar-refractivity contribution in [2.24, 2.45) is 29.6 Å². The summed E-state index contributed by atoms with van der Waals surface area (Å²) in [5.41, 5.74) is 3.06. The molecule has 0 spiro atoms. The van der Waals surface area contributed by atoms with E-state index >= 15 is 0 Å². The van der Waals surface area contributed by atoms with Crippen molar-refractivity contribution in [3.8, 4) is 0 Å². The van der Waals surface area contributed by atoms with Gasteiger partial charge in [-0.1, -0.05) is 43.7 Å². The average molecular weight is 365 g/mol. The van der Waals surface area contributed by atoms with Crippen molar-refractivity contribution >= 4 is 0 Å². The molecule has 4 rings (SSSR count). The van der Waals surface area contributed by atoms with Gasteiger partial charge in [-0.2, -0.15) is 0 Å². The molecule has 0 bridgehead atoms. The third kappa shape index (κ3) is 4.69. The molecule has 0 aliphatic heterocycles. The van der Waals surface area contributed by atoms with E-state index in [1.807, 2.05) is 6.08 Å². The Bertz CT molecular complexity index is 589. The van der Waals surface area contributed by atoms with Gasteiger partial charge in [0.25, 0.3) is 0 Å². The second-order valence-corrected chi connectivity index (χ2v) is 10.2. The van der Waals surface area contributed by atoms with Gasteiger partial charge in [-0.25, -0.2) is 0 Å². The zero-order valence-electron chi connectivity index (χ0n) is 17.5. The highest BCUT2D eigenvalue weighted by Crippen LogP contribution is 2.49. The van der Waals surface area contributed by atoms with E-state index in [9.17, 15) is 0 Å². The van der Waals surface area contributed by atoms with Crippen LogP contribution in [0.5, 0.6) is 0 Å². The number of hydrogen-bond donors (Lipinski definition) is 0. The van der Waals surface area contributed by atoms with Crippen LogP contribution in [-0.4, -0.2) is 0 Å². The minimum absolute atomic E-state index is 0.821. The van der Waals surface area contributed by atoms with E-state index in [-0.39, 0.29) is 0 Å². The summed E-state index contributed by atoms with van der Waals surface area (Å²) in [5.74, 6) is 6.08. The van der Waals surface area contributed by atoms with Crippen molar-refractivity contribution in [2.45, 2.75) is 89.9 Å². The molecule has 0 heterocycles. The molecule has 3 aliphatic rings. The molecule has 3 aliphatic carbocycles. The molecular weight excluding hydrogens is 324 g/mol. The average Bonchev–Trinajstić information content (AvgIpc) is 2.72. The molecule has 0 saturated heterocycles. The van der Waals surface area contributed by atoms with E-state index in [1.54, 1.807) is 24.8 Å². The first kappa shape index (κ1) is 19.3. The van der Waals surface area contributed by atoms with Gasteiger partial charge in [-0.15, -0.1) is 6.58 Å². The number of hydrogen-bond acceptors (Lipinski definition) is 0. The number of fused-ring (bicyclic) bond motifs is 1. The summed E-state index contributed by atoms with van der Waals surface area (Å²) in [5, 5.41) is 0. The van der Waals surface area contributed by atoms with Gasteiger partial charge in [0.1, 0.15) is 0 Å². The van der Waals surface area contributed by atoms with Crippen LogP contribution in [0.2, 0.25) is 0 Å². The molecule has 0 nitrogen and oxygen atoms in total. The molecule has 0 radical (unpaired) electrons. The van der Waals surface area contributed by atoms with Gasteiger partial charge in [0.2, 0.25) is 0 Å². The van der Waals surface area contributed by atoms with Gasteiger partial charge in [-0.3, -0.25) is 0 Å². The van der Waals surface area contributed by atoms with E-state index in [1.165, 1.54) is 50.5 Å². The Hall–Kier alpha value is -1.04. The molecular formula is C27H40. The van der Waals surface area contributed by atoms with Crippen LogP contribution in [0, 0.1) is 29.6 Å². The maximum Gasteiger partial charge on any atom is -0.0162 e. The highest BCUT2D eigenvalue weighted by atomic mass is 14.4. The molecule has 1 aromatic rings. The Labute approximate surface area is 167 Å². The summed E-state index contributed by atoms with van der Waals surface area (Å²) in [7, 11) is 0. The Kier molecular flexibility index (Phi) is 6.41. The summed E-state index contributed by atoms with van der Waals surface area (Å²) in [6, 6.07) is 9.54. The fourth-order valence-electron chi connectivity index (χ4n) is 6.74. The van der Waals surface area contributed by atoms with Crippen molar-refractivity contribution < 1.29 is 0 Å². The molecule has 0 N–H and O–H groups in total. The van der Waals surface area contributed by atoms with Crippen LogP contribution in [0.25, 0.3) is 0 Å². The number of rotatable bonds is 5. The summed E-state index contributed by atoms with van der Waals surface area (Å²) in [6.45, 7) is 6.32. The molecule has 4 unspecified atom stereocenters. The quantitative estimate of drug-likeness (QED) is 0.465. The van der Waals surface area contributed by atoms with E-state index in [2.05, 4.69) is 37.8 Å². The molecule has 3 fully saturated rings. The molecule has 27 heavy (non-hydrogen) atoms. The first-order valence-corrected chi connectivity index (χ1v) is 11.9. The van der Waals surface area contributed by atoms with Crippen molar-refractivity contribution in [1.82, 2.24) is 0 Å². The molecule has 4 atom stereocenters. The Morgan fingerprint density at radius 1 is 0.778 bits per heavy atom. The van der Waals surface area contributed by atoms with E-state index in [0.29, 0.717) is 0 Å². The maximum absolute atomic E-state index is 3.84. The van der Waals surface area contributed by atoms with Crippen LogP contribution in [0.4, 0.5) is 0 Å². The first-order valence-electron chi connectivity index (χ1n) is 11.9. The Morgan fingerprint density at radius 2 is 1.37 bits per heavy atom. The van der Waals surface area contributed by atoms with Gasteiger partial charge < -0.3 is 0 Å². The molecule has 0 heteroatoms. The van der Waals surface area contributed by atoms with Crippen LogP contribution in [-0.2, 0) is 6.42 Å². The lowest BCUT2D eigenvalue weighted by Crippen LogP contribution is -2.34. The van der Waals surface area contributed by atoms with Gasteiger partial charge >= 0.3 is 0 Å². The lowest BCUT2D eigenvalue weighted by Gasteiger charge is -2.45. The van der Waals surface area contributed by atoms with Crippen LogP contribution in [0.15, 0.2) is 36.9 Å².